The Morgan fingerprint density at radius 3 is 1.43 bits per heavy atom. The number of piperidine rings is 2. The van der Waals surface area contributed by atoms with Crippen LogP contribution in [0.15, 0.2) is 72.8 Å². The third-order valence-electron chi connectivity index (χ3n) is 12.3. The number of halogens is 4. The number of carbonyl (C=O) groups is 6. The fourth-order valence-corrected chi connectivity index (χ4v) is 8.60. The number of nitrogens with two attached hydrogens (primary N) is 1. The molecule has 4 aliphatic rings. The molecule has 0 aromatic heterocycles. The lowest BCUT2D eigenvalue weighted by Crippen LogP contribution is -2.55. The molecule has 69 heavy (non-hydrogen) atoms. The van der Waals surface area contributed by atoms with Gasteiger partial charge in [-0.3, -0.25) is 14.4 Å². The van der Waals surface area contributed by atoms with Crippen molar-refractivity contribution in [1.82, 2.24) is 25.8 Å². The van der Waals surface area contributed by atoms with Gasteiger partial charge in [0.25, 0.3) is 5.91 Å². The van der Waals surface area contributed by atoms with Gasteiger partial charge in [0.05, 0.1) is 24.3 Å². The maximum atomic E-state index is 14.0. The first kappa shape index (κ1) is 51.3. The number of hydrogen-bond donors (Lipinski definition) is 9. The molecule has 0 unspecified atom stereocenters. The number of fused-ring (bicyclic) bond motifs is 2. The lowest BCUT2D eigenvalue weighted by molar-refractivity contribution is 0.0690. The number of aliphatic hydroxyl groups excluding tert-OH is 2. The van der Waals surface area contributed by atoms with E-state index in [0.29, 0.717) is 92.0 Å². The molecule has 2 spiro atoms. The van der Waals surface area contributed by atoms with Crippen molar-refractivity contribution in [3.05, 3.63) is 129 Å². The number of nitrogens with zero attached hydrogens (tertiary/aromatic N) is 2. The molecule has 0 aliphatic carbocycles. The number of carbonyl (C=O) groups excluding carboxylic acids is 5. The average molecular weight is 963 g/mol. The number of Topliss-reactive ketones (excluding diaryl/α,β-unsaturated/α-hetero) is 2. The fourth-order valence-electron chi connectivity index (χ4n) is 8.60. The standard InChI is InChI=1S/C24H26F2N4O4.C22H21F2N3O4.C2H7NO/c25-16-2-4-20-18(12-16)21(32)13-24(29-20)5-8-30(9-6-24)23(34)28-14-15-1-3-19(26)17(11-15)22(33)27-7-10-31;23-14-2-4-18-16(10-14)19(28)11-22(26-18)5-7-27(8-6-22)21(31)25-12-13-1-3-17(24)15(9-13)20(29)30;3-1-2-4/h1-4,11-12,29,31H,5-10,13-14H2,(H,27,33)(H,28,34);1-4,9-10,26H,5-8,11-12H2,(H,25,31)(H,29,30);4H,1-3H2. The van der Waals surface area contributed by atoms with Gasteiger partial charge >= 0.3 is 18.0 Å². The minimum absolute atomic E-state index is 0.0125. The van der Waals surface area contributed by atoms with Crippen LogP contribution in [-0.4, -0.2) is 124 Å². The minimum Gasteiger partial charge on any atom is -0.478 e. The highest BCUT2D eigenvalue weighted by atomic mass is 19.1. The normalized spacial score (nSPS) is 16.3. The second kappa shape index (κ2) is 22.8. The Morgan fingerprint density at radius 2 is 1.03 bits per heavy atom. The predicted octanol–water partition coefficient (Wildman–Crippen LogP) is 4.77. The summed E-state index contributed by atoms with van der Waals surface area (Å²) in [5, 5.41) is 40.2. The molecule has 4 aliphatic heterocycles. The Labute approximate surface area is 394 Å². The van der Waals surface area contributed by atoms with Gasteiger partial charge < -0.3 is 57.4 Å². The second-order valence-corrected chi connectivity index (χ2v) is 17.1. The number of aliphatic hydroxyl groups is 2. The average Bonchev–Trinajstić information content (AvgIpc) is 3.33. The summed E-state index contributed by atoms with van der Waals surface area (Å²) < 4.78 is 54.4. The summed E-state index contributed by atoms with van der Waals surface area (Å²) >= 11 is 0. The first-order valence-electron chi connectivity index (χ1n) is 22.3. The first-order valence-corrected chi connectivity index (χ1v) is 22.3. The van der Waals surface area contributed by atoms with Gasteiger partial charge in [-0.05, 0) is 97.5 Å². The number of carboxylic acid groups (broad SMARTS) is 1. The molecule has 0 bridgehead atoms. The summed E-state index contributed by atoms with van der Waals surface area (Å²) in [7, 11) is 0. The molecule has 21 heteroatoms. The predicted molar refractivity (Wildman–Crippen MR) is 245 cm³/mol. The van der Waals surface area contributed by atoms with Crippen LogP contribution < -0.4 is 32.3 Å². The van der Waals surface area contributed by atoms with Crippen LogP contribution in [0.25, 0.3) is 0 Å². The van der Waals surface area contributed by atoms with Gasteiger partial charge in [-0.1, -0.05) is 12.1 Å². The van der Waals surface area contributed by atoms with Crippen molar-refractivity contribution in [2.75, 3.05) is 63.1 Å². The van der Waals surface area contributed by atoms with Crippen molar-refractivity contribution < 1.29 is 61.6 Å². The summed E-state index contributed by atoms with van der Waals surface area (Å²) in [6.45, 7) is 2.11. The molecule has 17 nitrogen and oxygen atoms in total. The van der Waals surface area contributed by atoms with E-state index in [4.69, 9.17) is 21.1 Å². The molecular weight excluding hydrogens is 909 g/mol. The number of hydrogen-bond acceptors (Lipinski definition) is 11. The van der Waals surface area contributed by atoms with E-state index in [-0.39, 0.29) is 74.9 Å². The third-order valence-corrected chi connectivity index (χ3v) is 12.3. The van der Waals surface area contributed by atoms with E-state index >= 15 is 0 Å². The van der Waals surface area contributed by atoms with Crippen LogP contribution in [0.4, 0.5) is 38.5 Å². The SMILES string of the molecule is NCCO.O=C(NCCO)c1cc(CNC(=O)N2CCC3(CC2)CC(=O)c2cc(F)ccc2N3)ccc1F.O=C(O)c1cc(CNC(=O)N2CCC3(CC2)CC(=O)c2cc(F)ccc2N3)ccc1F. The van der Waals surface area contributed by atoms with Gasteiger partial charge in [-0.25, -0.2) is 31.9 Å². The molecule has 368 valence electrons. The quantitative estimate of drug-likeness (QED) is 0.103. The van der Waals surface area contributed by atoms with Gasteiger partial charge in [0.2, 0.25) is 0 Å². The van der Waals surface area contributed by atoms with E-state index in [1.807, 2.05) is 0 Å². The summed E-state index contributed by atoms with van der Waals surface area (Å²) in [5.41, 5.74) is 6.21. The van der Waals surface area contributed by atoms with E-state index in [1.54, 1.807) is 21.9 Å². The smallest absolute Gasteiger partial charge is 0.338 e. The highest BCUT2D eigenvalue weighted by molar-refractivity contribution is 6.05. The van der Waals surface area contributed by atoms with Gasteiger partial charge in [0.1, 0.15) is 23.3 Å². The van der Waals surface area contributed by atoms with E-state index in [0.717, 1.165) is 12.1 Å². The molecule has 0 saturated carbocycles. The summed E-state index contributed by atoms with van der Waals surface area (Å²) in [4.78, 5) is 76.6. The summed E-state index contributed by atoms with van der Waals surface area (Å²) in [5.74, 6) is -4.65. The zero-order valence-corrected chi connectivity index (χ0v) is 37.5. The van der Waals surface area contributed by atoms with Crippen LogP contribution >= 0.6 is 0 Å². The molecule has 4 aromatic carbocycles. The number of urea groups is 2. The lowest BCUT2D eigenvalue weighted by Gasteiger charge is -2.45. The van der Waals surface area contributed by atoms with Gasteiger partial charge in [-0.2, -0.15) is 0 Å². The van der Waals surface area contributed by atoms with Crippen LogP contribution in [0.5, 0.6) is 0 Å². The van der Waals surface area contributed by atoms with Crippen molar-refractivity contribution in [3.8, 4) is 0 Å². The first-order chi connectivity index (χ1) is 33.0. The second-order valence-electron chi connectivity index (χ2n) is 17.1. The number of nitrogens with one attached hydrogen (secondary N) is 5. The van der Waals surface area contributed by atoms with E-state index in [1.165, 1.54) is 48.5 Å². The molecular formula is C48H54F4N8O9. The molecule has 4 aromatic rings. The van der Waals surface area contributed by atoms with Crippen LogP contribution in [-0.2, 0) is 13.1 Å². The number of benzene rings is 4. The largest absolute Gasteiger partial charge is 0.478 e. The molecule has 2 saturated heterocycles. The monoisotopic (exact) mass is 962 g/mol. The highest BCUT2D eigenvalue weighted by Crippen LogP contribution is 2.39. The molecule has 4 heterocycles. The Kier molecular flexibility index (Phi) is 16.9. The van der Waals surface area contributed by atoms with Gasteiger partial charge in [-0.15, -0.1) is 0 Å². The lowest BCUT2D eigenvalue weighted by atomic mass is 9.78. The summed E-state index contributed by atoms with van der Waals surface area (Å²) in [6.07, 6.45) is 2.73. The topological polar surface area (TPSA) is 256 Å². The van der Waals surface area contributed by atoms with E-state index in [9.17, 15) is 46.3 Å². The van der Waals surface area contributed by atoms with E-state index < -0.39 is 51.8 Å². The van der Waals surface area contributed by atoms with Crippen molar-refractivity contribution in [3.63, 3.8) is 0 Å². The number of aromatic carboxylic acids is 1. The zero-order chi connectivity index (χ0) is 49.9. The highest BCUT2D eigenvalue weighted by Gasteiger charge is 2.43. The number of ketones is 2. The molecule has 0 atom stereocenters. The van der Waals surface area contributed by atoms with Crippen LogP contribution in [0, 0.1) is 23.3 Å². The van der Waals surface area contributed by atoms with Crippen molar-refractivity contribution >= 4 is 46.9 Å². The zero-order valence-electron chi connectivity index (χ0n) is 37.5. The Bertz CT molecular complexity index is 2570. The van der Waals surface area contributed by atoms with Gasteiger partial charge in [0.15, 0.2) is 11.6 Å². The number of likely N-dealkylation sites (tertiary alicyclic amines) is 2. The maximum Gasteiger partial charge on any atom is 0.338 e. The number of rotatable bonds is 9. The fraction of sp³-hybridized carbons (Fsp3) is 0.375. The molecule has 0 radical (unpaired) electrons. The van der Waals surface area contributed by atoms with Crippen molar-refractivity contribution in [1.29, 1.82) is 0 Å². The minimum atomic E-state index is -1.37. The number of amides is 5. The van der Waals surface area contributed by atoms with E-state index in [2.05, 4.69) is 26.6 Å². The van der Waals surface area contributed by atoms with Crippen LogP contribution in [0.1, 0.15) is 91.1 Å². The Hall–Kier alpha value is -7.10. The maximum absolute atomic E-state index is 14.0. The molecule has 10 N–H and O–H groups in total. The molecule has 8 rings (SSSR count). The van der Waals surface area contributed by atoms with Crippen molar-refractivity contribution in [2.24, 2.45) is 5.73 Å². The third kappa shape index (κ3) is 12.9. The number of carboxylic acids is 1. The molecule has 2 fully saturated rings. The molecule has 5 amide bonds. The van der Waals surface area contributed by atoms with Crippen LogP contribution in [0.2, 0.25) is 0 Å². The van der Waals surface area contributed by atoms with Crippen molar-refractivity contribution in [2.45, 2.75) is 62.7 Å². The Balaban J connectivity index is 0.000000211. The van der Waals surface area contributed by atoms with Crippen LogP contribution in [0.3, 0.4) is 0 Å². The van der Waals surface area contributed by atoms with Gasteiger partial charge in [0, 0.05) is 98.8 Å². The Morgan fingerprint density at radius 1 is 0.609 bits per heavy atom. The number of anilines is 2. The summed E-state index contributed by atoms with van der Waals surface area (Å²) in [6, 6.07) is 15.3.